The number of hydrogen-bond acceptors (Lipinski definition) is 3. The SMILES string of the molecule is O=C(CCNC(=O)c1ccccc1)NNC(=S)Nc1ccccc1. The highest BCUT2D eigenvalue weighted by atomic mass is 32.1. The Labute approximate surface area is 145 Å². The van der Waals surface area contributed by atoms with Crippen LogP contribution in [-0.4, -0.2) is 23.5 Å². The summed E-state index contributed by atoms with van der Waals surface area (Å²) in [4.78, 5) is 23.5. The number of hydrogen-bond donors (Lipinski definition) is 4. The Balaban J connectivity index is 1.63. The molecule has 0 saturated carbocycles. The second-order valence-corrected chi connectivity index (χ2v) is 5.27. The van der Waals surface area contributed by atoms with Gasteiger partial charge in [0.25, 0.3) is 5.91 Å². The van der Waals surface area contributed by atoms with Crippen molar-refractivity contribution in [2.45, 2.75) is 6.42 Å². The van der Waals surface area contributed by atoms with Gasteiger partial charge in [0.1, 0.15) is 0 Å². The lowest BCUT2D eigenvalue weighted by molar-refractivity contribution is -0.121. The summed E-state index contributed by atoms with van der Waals surface area (Å²) in [6, 6.07) is 18.2. The fourth-order valence-corrected chi connectivity index (χ4v) is 2.02. The lowest BCUT2D eigenvalue weighted by Gasteiger charge is -2.11. The third kappa shape index (κ3) is 6.05. The standard InChI is InChI=1S/C17H18N4O2S/c22-15(11-12-18-16(23)13-7-3-1-4-8-13)20-21-17(24)19-14-9-5-2-6-10-14/h1-10H,11-12H2,(H,18,23)(H,20,22)(H2,19,21,24). The molecule has 0 heterocycles. The predicted molar refractivity (Wildman–Crippen MR) is 97.3 cm³/mol. The molecule has 2 rings (SSSR count). The van der Waals surface area contributed by atoms with Gasteiger partial charge >= 0.3 is 0 Å². The minimum Gasteiger partial charge on any atom is -0.352 e. The molecule has 0 fully saturated rings. The van der Waals surface area contributed by atoms with E-state index < -0.39 is 0 Å². The first-order chi connectivity index (χ1) is 11.6. The summed E-state index contributed by atoms with van der Waals surface area (Å²) >= 11 is 5.07. The number of amides is 2. The summed E-state index contributed by atoms with van der Waals surface area (Å²) in [6.45, 7) is 0.236. The fourth-order valence-electron chi connectivity index (χ4n) is 1.85. The average molecular weight is 342 g/mol. The van der Waals surface area contributed by atoms with Crippen molar-refractivity contribution >= 4 is 34.8 Å². The van der Waals surface area contributed by atoms with E-state index in [4.69, 9.17) is 12.2 Å². The van der Waals surface area contributed by atoms with Crippen LogP contribution in [0.1, 0.15) is 16.8 Å². The van der Waals surface area contributed by atoms with Gasteiger partial charge in [-0.2, -0.15) is 0 Å². The lowest BCUT2D eigenvalue weighted by atomic mass is 10.2. The third-order valence-electron chi connectivity index (χ3n) is 3.02. The molecule has 7 heteroatoms. The molecule has 0 aliphatic heterocycles. The van der Waals surface area contributed by atoms with Crippen molar-refractivity contribution in [3.05, 3.63) is 66.2 Å². The molecule has 0 aliphatic rings. The highest BCUT2D eigenvalue weighted by Gasteiger charge is 2.06. The number of para-hydroxylation sites is 1. The zero-order valence-electron chi connectivity index (χ0n) is 12.9. The van der Waals surface area contributed by atoms with Crippen molar-refractivity contribution in [3.63, 3.8) is 0 Å². The van der Waals surface area contributed by atoms with Crippen LogP contribution in [0.15, 0.2) is 60.7 Å². The molecule has 0 aromatic heterocycles. The normalized spacial score (nSPS) is 9.67. The first-order valence-corrected chi connectivity index (χ1v) is 7.80. The molecule has 0 atom stereocenters. The monoisotopic (exact) mass is 342 g/mol. The van der Waals surface area contributed by atoms with Gasteiger partial charge in [-0.3, -0.25) is 20.4 Å². The van der Waals surface area contributed by atoms with Gasteiger partial charge in [0, 0.05) is 24.2 Å². The Hall–Kier alpha value is -2.93. The van der Waals surface area contributed by atoms with Crippen LogP contribution >= 0.6 is 12.2 Å². The number of benzene rings is 2. The van der Waals surface area contributed by atoms with Gasteiger partial charge in [-0.05, 0) is 36.5 Å². The molecule has 6 nitrogen and oxygen atoms in total. The second kappa shape index (κ2) is 9.26. The summed E-state index contributed by atoms with van der Waals surface area (Å²) in [5.41, 5.74) is 6.46. The maximum absolute atomic E-state index is 11.8. The molecule has 2 aromatic carbocycles. The molecule has 2 amide bonds. The van der Waals surface area contributed by atoms with E-state index in [1.165, 1.54) is 0 Å². The van der Waals surface area contributed by atoms with Crippen LogP contribution < -0.4 is 21.5 Å². The Bertz CT molecular complexity index is 692. The largest absolute Gasteiger partial charge is 0.352 e. The predicted octanol–water partition coefficient (Wildman–Crippen LogP) is 1.82. The molecule has 0 unspecified atom stereocenters. The van der Waals surface area contributed by atoms with Crippen molar-refractivity contribution in [2.24, 2.45) is 0 Å². The second-order valence-electron chi connectivity index (χ2n) is 4.87. The van der Waals surface area contributed by atoms with Crippen molar-refractivity contribution in [1.29, 1.82) is 0 Å². The van der Waals surface area contributed by atoms with Crippen LogP contribution in [0.2, 0.25) is 0 Å². The molecule has 2 aromatic rings. The van der Waals surface area contributed by atoms with Crippen molar-refractivity contribution in [1.82, 2.24) is 16.2 Å². The molecule has 0 spiro atoms. The zero-order chi connectivity index (χ0) is 17.2. The van der Waals surface area contributed by atoms with Crippen LogP contribution in [0.25, 0.3) is 0 Å². The van der Waals surface area contributed by atoms with E-state index >= 15 is 0 Å². The molecule has 124 valence electrons. The van der Waals surface area contributed by atoms with E-state index in [1.807, 2.05) is 36.4 Å². The van der Waals surface area contributed by atoms with E-state index in [0.29, 0.717) is 5.56 Å². The van der Waals surface area contributed by atoms with Crippen molar-refractivity contribution < 1.29 is 9.59 Å². The number of carbonyl (C=O) groups is 2. The number of rotatable bonds is 5. The summed E-state index contributed by atoms with van der Waals surface area (Å²) in [6.07, 6.45) is 0.138. The highest BCUT2D eigenvalue weighted by Crippen LogP contribution is 2.03. The summed E-state index contributed by atoms with van der Waals surface area (Å²) in [7, 11) is 0. The van der Waals surface area contributed by atoms with Gasteiger partial charge in [-0.25, -0.2) is 0 Å². The Morgan fingerprint density at radius 1 is 0.875 bits per heavy atom. The minimum absolute atomic E-state index is 0.138. The summed E-state index contributed by atoms with van der Waals surface area (Å²) < 4.78 is 0. The Kier molecular flexibility index (Phi) is 6.73. The quantitative estimate of drug-likeness (QED) is 0.492. The fraction of sp³-hybridized carbons (Fsp3) is 0.118. The smallest absolute Gasteiger partial charge is 0.251 e. The average Bonchev–Trinajstić information content (AvgIpc) is 2.61. The third-order valence-corrected chi connectivity index (χ3v) is 3.22. The van der Waals surface area contributed by atoms with Crippen molar-refractivity contribution in [3.8, 4) is 0 Å². The number of anilines is 1. The Morgan fingerprint density at radius 3 is 2.17 bits per heavy atom. The summed E-state index contributed by atoms with van der Waals surface area (Å²) in [5, 5.41) is 5.89. The first kappa shape index (κ1) is 17.4. The van der Waals surface area contributed by atoms with Gasteiger partial charge in [0.2, 0.25) is 5.91 Å². The lowest BCUT2D eigenvalue weighted by Crippen LogP contribution is -2.44. The van der Waals surface area contributed by atoms with Gasteiger partial charge in [-0.15, -0.1) is 0 Å². The van der Waals surface area contributed by atoms with Crippen LogP contribution in [0.5, 0.6) is 0 Å². The first-order valence-electron chi connectivity index (χ1n) is 7.39. The maximum atomic E-state index is 11.8. The van der Waals surface area contributed by atoms with E-state index in [0.717, 1.165) is 5.69 Å². The molecular weight excluding hydrogens is 324 g/mol. The van der Waals surface area contributed by atoms with Gasteiger partial charge < -0.3 is 10.6 Å². The molecule has 0 bridgehead atoms. The van der Waals surface area contributed by atoms with E-state index in [1.54, 1.807) is 24.3 Å². The zero-order valence-corrected chi connectivity index (χ0v) is 13.7. The number of carbonyl (C=O) groups excluding carboxylic acids is 2. The van der Waals surface area contributed by atoms with E-state index in [-0.39, 0.29) is 29.9 Å². The topological polar surface area (TPSA) is 82.3 Å². The van der Waals surface area contributed by atoms with Gasteiger partial charge in [0.15, 0.2) is 5.11 Å². The molecular formula is C17H18N4O2S. The molecule has 0 radical (unpaired) electrons. The molecule has 24 heavy (non-hydrogen) atoms. The van der Waals surface area contributed by atoms with E-state index in [2.05, 4.69) is 21.5 Å². The van der Waals surface area contributed by atoms with Crippen LogP contribution in [-0.2, 0) is 4.79 Å². The van der Waals surface area contributed by atoms with Crippen LogP contribution in [0.4, 0.5) is 5.69 Å². The number of hydrazine groups is 1. The van der Waals surface area contributed by atoms with Gasteiger partial charge in [-0.1, -0.05) is 36.4 Å². The van der Waals surface area contributed by atoms with Gasteiger partial charge in [0.05, 0.1) is 0 Å². The van der Waals surface area contributed by atoms with Crippen molar-refractivity contribution in [2.75, 3.05) is 11.9 Å². The van der Waals surface area contributed by atoms with E-state index in [9.17, 15) is 9.59 Å². The summed E-state index contributed by atoms with van der Waals surface area (Å²) in [5.74, 6) is -0.488. The minimum atomic E-state index is -0.277. The molecule has 4 N–H and O–H groups in total. The van der Waals surface area contributed by atoms with Crippen LogP contribution in [0, 0.1) is 0 Å². The molecule has 0 aliphatic carbocycles. The van der Waals surface area contributed by atoms with Crippen LogP contribution in [0.3, 0.4) is 0 Å². The highest BCUT2D eigenvalue weighted by molar-refractivity contribution is 7.80. The Morgan fingerprint density at radius 2 is 1.50 bits per heavy atom. The maximum Gasteiger partial charge on any atom is 0.251 e. The number of nitrogens with one attached hydrogen (secondary N) is 4. The molecule has 0 saturated heterocycles. The number of thiocarbonyl (C=S) groups is 1.